The van der Waals surface area contributed by atoms with Gasteiger partial charge in [-0.05, 0) is 35.4 Å². The van der Waals surface area contributed by atoms with Crippen LogP contribution in [0.2, 0.25) is 5.02 Å². The van der Waals surface area contributed by atoms with E-state index in [1.807, 2.05) is 0 Å². The SMILES string of the molecule is CC(=O)N1c2ccccc2C(=O)[C@@H]1[C@H]1c2ccc(Cl)cc2[C@H](O)[C@@H]1[N+](=O)[O-]. The molecule has 0 spiro atoms. The highest BCUT2D eigenvalue weighted by molar-refractivity contribution is 6.30. The lowest BCUT2D eigenvalue weighted by molar-refractivity contribution is -0.537. The van der Waals surface area contributed by atoms with Gasteiger partial charge < -0.3 is 10.0 Å². The molecule has 4 atom stereocenters. The van der Waals surface area contributed by atoms with Crippen molar-refractivity contribution in [3.8, 4) is 0 Å². The molecule has 7 nitrogen and oxygen atoms in total. The molecule has 1 aliphatic carbocycles. The zero-order valence-electron chi connectivity index (χ0n) is 14.2. The van der Waals surface area contributed by atoms with Gasteiger partial charge in [0.25, 0.3) is 6.04 Å². The molecule has 1 heterocycles. The number of fused-ring (bicyclic) bond motifs is 2. The summed E-state index contributed by atoms with van der Waals surface area (Å²) in [5.41, 5.74) is 1.56. The largest absolute Gasteiger partial charge is 0.381 e. The molecule has 4 rings (SSSR count). The summed E-state index contributed by atoms with van der Waals surface area (Å²) >= 11 is 5.99. The lowest BCUT2D eigenvalue weighted by atomic mass is 9.87. The van der Waals surface area contributed by atoms with Gasteiger partial charge in [-0.3, -0.25) is 19.7 Å². The second kappa shape index (κ2) is 6.14. The maximum atomic E-state index is 13.1. The molecule has 27 heavy (non-hydrogen) atoms. The van der Waals surface area contributed by atoms with Crippen molar-refractivity contribution in [3.63, 3.8) is 0 Å². The van der Waals surface area contributed by atoms with Crippen molar-refractivity contribution in [2.75, 3.05) is 4.90 Å². The van der Waals surface area contributed by atoms with Gasteiger partial charge in [-0.2, -0.15) is 0 Å². The molecule has 138 valence electrons. The predicted molar refractivity (Wildman–Crippen MR) is 97.7 cm³/mol. The minimum absolute atomic E-state index is 0.321. The van der Waals surface area contributed by atoms with Crippen molar-refractivity contribution in [1.82, 2.24) is 0 Å². The van der Waals surface area contributed by atoms with Crippen LogP contribution >= 0.6 is 11.6 Å². The van der Waals surface area contributed by atoms with Crippen LogP contribution in [0, 0.1) is 10.1 Å². The van der Waals surface area contributed by atoms with E-state index in [4.69, 9.17) is 11.6 Å². The lowest BCUT2D eigenvalue weighted by Crippen LogP contribution is -2.47. The standard InChI is InChI=1S/C19H15ClN2O5/c1-9(23)21-14-5-3-2-4-12(14)18(24)16(21)15-11-7-6-10(20)8-13(11)19(25)17(15)22(26)27/h2-8,15-17,19,25H,1H3/t15-,16+,17-,19+/m1/s1. The molecule has 2 aliphatic rings. The smallest absolute Gasteiger partial charge is 0.251 e. The highest BCUT2D eigenvalue weighted by Gasteiger charge is 2.57. The number of benzene rings is 2. The molecule has 0 fully saturated rings. The summed E-state index contributed by atoms with van der Waals surface area (Å²) in [5, 5.41) is 22.7. The number of amides is 1. The summed E-state index contributed by atoms with van der Waals surface area (Å²) in [6.45, 7) is 1.32. The number of aliphatic hydroxyl groups excluding tert-OH is 1. The fourth-order valence-electron chi connectivity index (χ4n) is 4.28. The molecule has 0 saturated carbocycles. The monoisotopic (exact) mass is 386 g/mol. The Morgan fingerprint density at radius 1 is 1.22 bits per heavy atom. The Morgan fingerprint density at radius 2 is 1.93 bits per heavy atom. The first kappa shape index (κ1) is 17.6. The third-order valence-corrected chi connectivity index (χ3v) is 5.55. The van der Waals surface area contributed by atoms with E-state index in [1.165, 1.54) is 17.9 Å². The Hall–Kier alpha value is -2.77. The fourth-order valence-corrected chi connectivity index (χ4v) is 4.46. The fraction of sp³-hybridized carbons (Fsp3) is 0.263. The predicted octanol–water partition coefficient (Wildman–Crippen LogP) is 2.73. The van der Waals surface area contributed by atoms with Gasteiger partial charge in [-0.15, -0.1) is 0 Å². The molecule has 0 radical (unpaired) electrons. The van der Waals surface area contributed by atoms with Crippen molar-refractivity contribution in [2.45, 2.75) is 31.0 Å². The summed E-state index contributed by atoms with van der Waals surface area (Å²) in [6.07, 6.45) is -1.41. The number of para-hydroxylation sites is 1. The van der Waals surface area contributed by atoms with E-state index in [2.05, 4.69) is 0 Å². The summed E-state index contributed by atoms with van der Waals surface area (Å²) < 4.78 is 0. The molecular weight excluding hydrogens is 372 g/mol. The van der Waals surface area contributed by atoms with E-state index in [0.717, 1.165) is 0 Å². The van der Waals surface area contributed by atoms with Crippen molar-refractivity contribution >= 4 is 29.0 Å². The number of rotatable bonds is 2. The number of hydrogen-bond acceptors (Lipinski definition) is 5. The first-order valence-electron chi connectivity index (χ1n) is 8.37. The second-order valence-corrected chi connectivity index (χ2v) is 7.17. The van der Waals surface area contributed by atoms with Gasteiger partial charge in [0.15, 0.2) is 5.78 Å². The van der Waals surface area contributed by atoms with Crippen LogP contribution in [0.1, 0.15) is 40.4 Å². The third kappa shape index (κ3) is 2.46. The lowest BCUT2D eigenvalue weighted by Gasteiger charge is -2.29. The van der Waals surface area contributed by atoms with Crippen LogP contribution in [0.4, 0.5) is 5.69 Å². The van der Waals surface area contributed by atoms with Crippen LogP contribution in [-0.4, -0.2) is 33.8 Å². The van der Waals surface area contributed by atoms with Crippen LogP contribution in [0.3, 0.4) is 0 Å². The molecule has 0 saturated heterocycles. The molecule has 2 aromatic rings. The van der Waals surface area contributed by atoms with Gasteiger partial charge >= 0.3 is 0 Å². The molecule has 0 aromatic heterocycles. The maximum Gasteiger partial charge on any atom is 0.251 e. The minimum Gasteiger partial charge on any atom is -0.381 e. The number of nitro groups is 1. The number of nitrogens with zero attached hydrogens (tertiary/aromatic N) is 2. The highest BCUT2D eigenvalue weighted by atomic mass is 35.5. The molecule has 1 N–H and O–H groups in total. The number of Topliss-reactive ketones (excluding diaryl/α,β-unsaturated/α-hetero) is 1. The number of ketones is 1. The number of anilines is 1. The van der Waals surface area contributed by atoms with Gasteiger partial charge in [0.05, 0.1) is 11.6 Å². The molecule has 1 amide bonds. The first-order chi connectivity index (χ1) is 12.8. The Bertz CT molecular complexity index is 992. The number of halogens is 1. The quantitative estimate of drug-likeness (QED) is 0.631. The van der Waals surface area contributed by atoms with Gasteiger partial charge in [-0.25, -0.2) is 0 Å². The van der Waals surface area contributed by atoms with E-state index >= 15 is 0 Å². The van der Waals surface area contributed by atoms with Crippen molar-refractivity contribution in [2.24, 2.45) is 0 Å². The number of hydrogen-bond donors (Lipinski definition) is 1. The van der Waals surface area contributed by atoms with Gasteiger partial charge in [0, 0.05) is 22.4 Å². The summed E-state index contributed by atoms with van der Waals surface area (Å²) in [6, 6.07) is 8.70. The summed E-state index contributed by atoms with van der Waals surface area (Å²) in [4.78, 5) is 38.0. The van der Waals surface area contributed by atoms with E-state index in [9.17, 15) is 24.8 Å². The normalized spacial score (nSPS) is 26.0. The molecule has 8 heteroatoms. The van der Waals surface area contributed by atoms with E-state index < -0.39 is 34.9 Å². The molecular formula is C19H15ClN2O5. The van der Waals surface area contributed by atoms with Crippen LogP contribution in [-0.2, 0) is 4.79 Å². The van der Waals surface area contributed by atoms with E-state index in [0.29, 0.717) is 27.4 Å². The van der Waals surface area contributed by atoms with Crippen molar-refractivity contribution in [1.29, 1.82) is 0 Å². The molecule has 2 aromatic carbocycles. The Kier molecular flexibility index (Phi) is 4.01. The Labute approximate surface area is 159 Å². The Balaban J connectivity index is 1.92. The molecule has 0 unspecified atom stereocenters. The van der Waals surface area contributed by atoms with Crippen molar-refractivity contribution in [3.05, 3.63) is 74.3 Å². The Morgan fingerprint density at radius 3 is 2.59 bits per heavy atom. The van der Waals surface area contributed by atoms with Crippen LogP contribution in [0.15, 0.2) is 42.5 Å². The summed E-state index contributed by atoms with van der Waals surface area (Å²) in [5.74, 6) is -1.74. The van der Waals surface area contributed by atoms with Crippen molar-refractivity contribution < 1.29 is 19.6 Å². The molecule has 0 bridgehead atoms. The highest BCUT2D eigenvalue weighted by Crippen LogP contribution is 2.49. The zero-order chi connectivity index (χ0) is 19.5. The maximum absolute atomic E-state index is 13.1. The number of carbonyl (C=O) groups excluding carboxylic acids is 2. The van der Waals surface area contributed by atoms with Gasteiger partial charge in [0.2, 0.25) is 5.91 Å². The topological polar surface area (TPSA) is 101 Å². The average molecular weight is 387 g/mol. The van der Waals surface area contributed by atoms with Crippen LogP contribution < -0.4 is 4.90 Å². The van der Waals surface area contributed by atoms with Gasteiger partial charge in [0.1, 0.15) is 12.1 Å². The molecule has 1 aliphatic heterocycles. The minimum atomic E-state index is -1.46. The average Bonchev–Trinajstić information content (AvgIpc) is 3.07. The van der Waals surface area contributed by atoms with Crippen LogP contribution in [0.5, 0.6) is 0 Å². The van der Waals surface area contributed by atoms with Gasteiger partial charge in [-0.1, -0.05) is 29.8 Å². The van der Waals surface area contributed by atoms with E-state index in [1.54, 1.807) is 36.4 Å². The van der Waals surface area contributed by atoms with Crippen LogP contribution in [0.25, 0.3) is 0 Å². The zero-order valence-corrected chi connectivity index (χ0v) is 15.0. The summed E-state index contributed by atoms with van der Waals surface area (Å²) in [7, 11) is 0. The number of carbonyl (C=O) groups is 2. The van der Waals surface area contributed by atoms with E-state index in [-0.39, 0.29) is 5.78 Å². The second-order valence-electron chi connectivity index (χ2n) is 6.74. The first-order valence-corrected chi connectivity index (χ1v) is 8.74. The third-order valence-electron chi connectivity index (χ3n) is 5.32. The number of aliphatic hydroxyl groups is 1.